The highest BCUT2D eigenvalue weighted by Gasteiger charge is 2.12. The largest absolute Gasteiger partial charge is 0.462 e. The Morgan fingerprint density at radius 2 is 2.24 bits per heavy atom. The topological polar surface area (TPSA) is 77.2 Å². The molecule has 0 spiro atoms. The maximum absolute atomic E-state index is 11.8. The van der Waals surface area contributed by atoms with Crippen LogP contribution in [-0.2, 0) is 11.3 Å². The van der Waals surface area contributed by atoms with E-state index >= 15 is 0 Å². The molecule has 1 aromatic heterocycles. The predicted octanol–water partition coefficient (Wildman–Crippen LogP) is 3.11. The number of nitrogens with one attached hydrogen (secondary N) is 1. The second kappa shape index (κ2) is 6.95. The van der Waals surface area contributed by atoms with E-state index in [1.807, 2.05) is 24.3 Å². The van der Waals surface area contributed by atoms with Crippen LogP contribution in [0.5, 0.6) is 0 Å². The van der Waals surface area contributed by atoms with Gasteiger partial charge in [-0.1, -0.05) is 23.7 Å². The number of benzene rings is 1. The fourth-order valence-electron chi connectivity index (χ4n) is 1.79. The molecule has 0 aliphatic rings. The van der Waals surface area contributed by atoms with E-state index < -0.39 is 5.97 Å². The second-order valence-corrected chi connectivity index (χ2v) is 4.80. The van der Waals surface area contributed by atoms with Crippen LogP contribution in [0, 0.1) is 0 Å². The summed E-state index contributed by atoms with van der Waals surface area (Å²) in [6.45, 7) is 2.58. The van der Waals surface area contributed by atoms with Crippen molar-refractivity contribution in [2.45, 2.75) is 13.5 Å². The van der Waals surface area contributed by atoms with Gasteiger partial charge in [0.15, 0.2) is 0 Å². The van der Waals surface area contributed by atoms with Crippen molar-refractivity contribution in [1.82, 2.24) is 4.98 Å². The molecule has 0 radical (unpaired) electrons. The predicted molar refractivity (Wildman–Crippen MR) is 83.4 cm³/mol. The Morgan fingerprint density at radius 3 is 2.95 bits per heavy atom. The quantitative estimate of drug-likeness (QED) is 0.830. The van der Waals surface area contributed by atoms with Crippen LogP contribution in [0.4, 0.5) is 11.5 Å². The fourth-order valence-corrected chi connectivity index (χ4v) is 2.00. The third-order valence-corrected chi connectivity index (χ3v) is 3.03. The van der Waals surface area contributed by atoms with Gasteiger partial charge >= 0.3 is 5.97 Å². The van der Waals surface area contributed by atoms with Crippen LogP contribution in [-0.4, -0.2) is 17.6 Å². The monoisotopic (exact) mass is 305 g/mol. The lowest BCUT2D eigenvalue weighted by atomic mass is 10.2. The number of aromatic nitrogens is 1. The van der Waals surface area contributed by atoms with Crippen molar-refractivity contribution < 1.29 is 9.53 Å². The minimum Gasteiger partial charge on any atom is -0.462 e. The number of rotatable bonds is 5. The standard InChI is InChI=1S/C15H16ClN3O2/c1-2-21-15(20)12-7-14(19-9-13(12)17)18-8-10-4-3-5-11(16)6-10/h3-7,9H,2,8,17H2,1H3,(H,18,19). The molecule has 110 valence electrons. The molecule has 0 aliphatic heterocycles. The Labute approximate surface area is 128 Å². The van der Waals surface area contributed by atoms with Crippen molar-refractivity contribution in [3.8, 4) is 0 Å². The van der Waals surface area contributed by atoms with Crippen molar-refractivity contribution >= 4 is 29.1 Å². The van der Waals surface area contributed by atoms with Gasteiger partial charge in [-0.15, -0.1) is 0 Å². The molecule has 5 nitrogen and oxygen atoms in total. The third kappa shape index (κ3) is 4.10. The van der Waals surface area contributed by atoms with E-state index in [1.165, 1.54) is 6.20 Å². The van der Waals surface area contributed by atoms with Crippen molar-refractivity contribution in [1.29, 1.82) is 0 Å². The van der Waals surface area contributed by atoms with E-state index in [1.54, 1.807) is 13.0 Å². The Balaban J connectivity index is 2.10. The van der Waals surface area contributed by atoms with Gasteiger partial charge in [0.2, 0.25) is 0 Å². The van der Waals surface area contributed by atoms with Gasteiger partial charge in [-0.3, -0.25) is 0 Å². The first-order valence-electron chi connectivity index (χ1n) is 6.51. The lowest BCUT2D eigenvalue weighted by Crippen LogP contribution is -2.10. The number of ether oxygens (including phenoxy) is 1. The molecule has 0 amide bonds. The van der Waals surface area contributed by atoms with Crippen molar-refractivity contribution in [2.24, 2.45) is 0 Å². The molecule has 0 saturated heterocycles. The molecular weight excluding hydrogens is 290 g/mol. The van der Waals surface area contributed by atoms with E-state index in [-0.39, 0.29) is 0 Å². The number of carbonyl (C=O) groups excluding carboxylic acids is 1. The lowest BCUT2D eigenvalue weighted by Gasteiger charge is -2.09. The average molecular weight is 306 g/mol. The molecule has 21 heavy (non-hydrogen) atoms. The van der Waals surface area contributed by atoms with E-state index in [9.17, 15) is 4.79 Å². The summed E-state index contributed by atoms with van der Waals surface area (Å²) in [5.41, 5.74) is 7.35. The molecule has 0 saturated carbocycles. The van der Waals surface area contributed by atoms with E-state index in [0.29, 0.717) is 35.2 Å². The number of nitrogen functional groups attached to an aromatic ring is 1. The number of pyridine rings is 1. The fraction of sp³-hybridized carbons (Fsp3) is 0.200. The molecule has 6 heteroatoms. The summed E-state index contributed by atoms with van der Waals surface area (Å²) in [5, 5.41) is 3.79. The number of nitrogens with two attached hydrogens (primary N) is 1. The van der Waals surface area contributed by atoms with Crippen LogP contribution in [0.3, 0.4) is 0 Å². The maximum atomic E-state index is 11.8. The van der Waals surface area contributed by atoms with Crippen LogP contribution < -0.4 is 11.1 Å². The minimum atomic E-state index is -0.455. The number of hydrogen-bond donors (Lipinski definition) is 2. The van der Waals surface area contributed by atoms with Crippen LogP contribution in [0.1, 0.15) is 22.8 Å². The molecule has 0 bridgehead atoms. The van der Waals surface area contributed by atoms with E-state index in [0.717, 1.165) is 5.56 Å². The summed E-state index contributed by atoms with van der Waals surface area (Å²) in [7, 11) is 0. The van der Waals surface area contributed by atoms with Crippen LogP contribution in [0.2, 0.25) is 5.02 Å². The number of hydrogen-bond acceptors (Lipinski definition) is 5. The summed E-state index contributed by atoms with van der Waals surface area (Å²) < 4.78 is 4.95. The zero-order valence-corrected chi connectivity index (χ0v) is 12.4. The first-order valence-corrected chi connectivity index (χ1v) is 6.89. The molecule has 1 aromatic carbocycles. The molecule has 0 atom stereocenters. The van der Waals surface area contributed by atoms with Crippen LogP contribution in [0.25, 0.3) is 0 Å². The molecule has 0 aliphatic carbocycles. The van der Waals surface area contributed by atoms with Gasteiger partial charge in [0.05, 0.1) is 24.1 Å². The number of esters is 1. The zero-order valence-electron chi connectivity index (χ0n) is 11.6. The average Bonchev–Trinajstić information content (AvgIpc) is 2.46. The Bertz CT molecular complexity index is 647. The Hall–Kier alpha value is -2.27. The second-order valence-electron chi connectivity index (χ2n) is 4.36. The Morgan fingerprint density at radius 1 is 1.43 bits per heavy atom. The zero-order chi connectivity index (χ0) is 15.2. The van der Waals surface area contributed by atoms with Gasteiger partial charge in [0.25, 0.3) is 0 Å². The van der Waals surface area contributed by atoms with Crippen molar-refractivity contribution in [2.75, 3.05) is 17.7 Å². The number of halogens is 1. The molecule has 0 unspecified atom stereocenters. The van der Waals surface area contributed by atoms with E-state index in [2.05, 4.69) is 10.3 Å². The minimum absolute atomic E-state index is 0.293. The highest BCUT2D eigenvalue weighted by atomic mass is 35.5. The van der Waals surface area contributed by atoms with E-state index in [4.69, 9.17) is 22.1 Å². The van der Waals surface area contributed by atoms with Gasteiger partial charge in [0, 0.05) is 11.6 Å². The number of nitrogens with zero attached hydrogens (tertiary/aromatic N) is 1. The van der Waals surface area contributed by atoms with Crippen LogP contribution in [0.15, 0.2) is 36.5 Å². The normalized spacial score (nSPS) is 10.2. The number of anilines is 2. The summed E-state index contributed by atoms with van der Waals surface area (Å²) in [5.74, 6) is 0.0930. The summed E-state index contributed by atoms with van der Waals surface area (Å²) >= 11 is 5.93. The highest BCUT2D eigenvalue weighted by Crippen LogP contribution is 2.17. The highest BCUT2D eigenvalue weighted by molar-refractivity contribution is 6.30. The Kier molecular flexibility index (Phi) is 5.00. The molecule has 3 N–H and O–H groups in total. The molecule has 2 rings (SSSR count). The summed E-state index contributed by atoms with van der Waals surface area (Å²) in [6, 6.07) is 9.07. The van der Waals surface area contributed by atoms with Crippen molar-refractivity contribution in [3.63, 3.8) is 0 Å². The first-order chi connectivity index (χ1) is 10.1. The van der Waals surface area contributed by atoms with Crippen LogP contribution >= 0.6 is 11.6 Å². The maximum Gasteiger partial charge on any atom is 0.340 e. The van der Waals surface area contributed by atoms with Gasteiger partial charge < -0.3 is 15.8 Å². The SMILES string of the molecule is CCOC(=O)c1cc(NCc2cccc(Cl)c2)ncc1N. The molecule has 0 fully saturated rings. The third-order valence-electron chi connectivity index (χ3n) is 2.79. The first kappa shape index (κ1) is 15.1. The van der Waals surface area contributed by atoms with Crippen molar-refractivity contribution in [3.05, 3.63) is 52.7 Å². The summed E-state index contributed by atoms with van der Waals surface area (Å²) in [4.78, 5) is 15.9. The molecule has 2 aromatic rings. The smallest absolute Gasteiger partial charge is 0.340 e. The van der Waals surface area contributed by atoms with Gasteiger partial charge in [0.1, 0.15) is 5.82 Å². The lowest BCUT2D eigenvalue weighted by molar-refractivity contribution is 0.0527. The number of carbonyl (C=O) groups is 1. The van der Waals surface area contributed by atoms with Gasteiger partial charge in [-0.05, 0) is 30.7 Å². The molecular formula is C15H16ClN3O2. The van der Waals surface area contributed by atoms with Gasteiger partial charge in [-0.2, -0.15) is 0 Å². The molecule has 1 heterocycles. The van der Waals surface area contributed by atoms with Gasteiger partial charge in [-0.25, -0.2) is 9.78 Å². The summed E-state index contributed by atoms with van der Waals surface area (Å²) in [6.07, 6.45) is 1.44.